The first-order valence-electron chi connectivity index (χ1n) is 8.63. The zero-order valence-corrected chi connectivity index (χ0v) is 15.9. The fourth-order valence-corrected chi connectivity index (χ4v) is 4.94. The SMILES string of the molecule is CN(C(=O)CN1c2ccc(F)cc2-c2ccccc2S1(=O)=O)c1ccccc1. The number of fused-ring (bicyclic) bond motifs is 3. The van der Waals surface area contributed by atoms with Crippen LogP contribution in [0.15, 0.2) is 77.7 Å². The van der Waals surface area contributed by atoms with Gasteiger partial charge in [-0.15, -0.1) is 0 Å². The Labute approximate surface area is 162 Å². The summed E-state index contributed by atoms with van der Waals surface area (Å²) >= 11 is 0. The number of likely N-dealkylation sites (N-methyl/N-ethyl adjacent to an activating group) is 1. The Balaban J connectivity index is 1.78. The number of amides is 1. The molecule has 3 aromatic carbocycles. The first-order chi connectivity index (χ1) is 13.4. The van der Waals surface area contributed by atoms with Crippen molar-refractivity contribution in [3.8, 4) is 11.1 Å². The monoisotopic (exact) mass is 396 g/mol. The molecule has 0 aromatic heterocycles. The number of nitrogens with zero attached hydrogens (tertiary/aromatic N) is 2. The number of rotatable bonds is 3. The minimum atomic E-state index is -3.96. The fraction of sp³-hybridized carbons (Fsp3) is 0.0952. The Hall–Kier alpha value is -3.19. The second-order valence-electron chi connectivity index (χ2n) is 6.46. The second-order valence-corrected chi connectivity index (χ2v) is 8.29. The number of para-hydroxylation sites is 1. The lowest BCUT2D eigenvalue weighted by atomic mass is 10.0. The van der Waals surface area contributed by atoms with Crippen LogP contribution in [0, 0.1) is 5.82 Å². The summed E-state index contributed by atoms with van der Waals surface area (Å²) in [6, 6.07) is 19.3. The molecular weight excluding hydrogens is 379 g/mol. The molecule has 1 aliphatic heterocycles. The summed E-state index contributed by atoms with van der Waals surface area (Å²) in [5, 5.41) is 0. The molecule has 1 aliphatic rings. The van der Waals surface area contributed by atoms with Crippen LogP contribution >= 0.6 is 0 Å². The molecule has 0 saturated carbocycles. The van der Waals surface area contributed by atoms with Gasteiger partial charge < -0.3 is 4.90 Å². The molecule has 0 unspecified atom stereocenters. The molecule has 5 nitrogen and oxygen atoms in total. The van der Waals surface area contributed by atoms with E-state index < -0.39 is 21.7 Å². The summed E-state index contributed by atoms with van der Waals surface area (Å²) < 4.78 is 41.3. The van der Waals surface area contributed by atoms with E-state index in [0.29, 0.717) is 16.8 Å². The highest BCUT2D eigenvalue weighted by atomic mass is 32.2. The number of halogens is 1. The van der Waals surface area contributed by atoms with Crippen LogP contribution in [-0.4, -0.2) is 27.9 Å². The molecule has 28 heavy (non-hydrogen) atoms. The van der Waals surface area contributed by atoms with E-state index in [1.54, 1.807) is 49.5 Å². The fourth-order valence-electron chi connectivity index (χ4n) is 3.30. The van der Waals surface area contributed by atoms with Gasteiger partial charge in [-0.2, -0.15) is 0 Å². The topological polar surface area (TPSA) is 57.7 Å². The van der Waals surface area contributed by atoms with E-state index in [0.717, 1.165) is 4.31 Å². The minimum Gasteiger partial charge on any atom is -0.314 e. The van der Waals surface area contributed by atoms with Gasteiger partial charge in [-0.25, -0.2) is 12.8 Å². The maximum absolute atomic E-state index is 13.9. The van der Waals surface area contributed by atoms with Crippen LogP contribution in [0.5, 0.6) is 0 Å². The number of anilines is 2. The average molecular weight is 396 g/mol. The largest absolute Gasteiger partial charge is 0.314 e. The van der Waals surface area contributed by atoms with Crippen LogP contribution in [0.3, 0.4) is 0 Å². The Morgan fingerprint density at radius 3 is 2.39 bits per heavy atom. The van der Waals surface area contributed by atoms with Crippen molar-refractivity contribution in [1.82, 2.24) is 0 Å². The minimum absolute atomic E-state index is 0.0586. The van der Waals surface area contributed by atoms with Crippen molar-refractivity contribution in [2.24, 2.45) is 0 Å². The highest BCUT2D eigenvalue weighted by Crippen LogP contribution is 2.43. The average Bonchev–Trinajstić information content (AvgIpc) is 2.71. The summed E-state index contributed by atoms with van der Waals surface area (Å²) in [4.78, 5) is 14.3. The molecule has 0 fully saturated rings. The van der Waals surface area contributed by atoms with Gasteiger partial charge in [0.2, 0.25) is 5.91 Å². The first-order valence-corrected chi connectivity index (χ1v) is 10.1. The van der Waals surface area contributed by atoms with Gasteiger partial charge >= 0.3 is 0 Å². The standard InChI is InChI=1S/C21H17FN2O3S/c1-23(16-7-3-2-4-8-16)21(25)14-24-19-12-11-15(22)13-18(19)17-9-5-6-10-20(17)28(24,26)27/h2-13H,14H2,1H3. The van der Waals surface area contributed by atoms with Crippen molar-refractivity contribution in [1.29, 1.82) is 0 Å². The molecule has 4 rings (SSSR count). The third-order valence-electron chi connectivity index (χ3n) is 4.77. The molecule has 1 amide bonds. The lowest BCUT2D eigenvalue weighted by molar-refractivity contribution is -0.116. The van der Waals surface area contributed by atoms with E-state index in [2.05, 4.69) is 0 Å². The Morgan fingerprint density at radius 2 is 1.64 bits per heavy atom. The third kappa shape index (κ3) is 2.93. The Kier molecular flexibility index (Phi) is 4.39. The van der Waals surface area contributed by atoms with Crippen molar-refractivity contribution in [2.75, 3.05) is 22.8 Å². The summed E-state index contributed by atoms with van der Waals surface area (Å²) in [6.07, 6.45) is 0. The molecule has 0 aliphatic carbocycles. The molecular formula is C21H17FN2O3S. The second kappa shape index (κ2) is 6.76. The van der Waals surface area contributed by atoms with Gasteiger partial charge in [0.1, 0.15) is 12.4 Å². The summed E-state index contributed by atoms with van der Waals surface area (Å²) in [5.74, 6) is -0.870. The number of carbonyl (C=O) groups is 1. The highest BCUT2D eigenvalue weighted by molar-refractivity contribution is 7.93. The van der Waals surface area contributed by atoms with E-state index in [9.17, 15) is 17.6 Å². The molecule has 0 spiro atoms. The lowest BCUT2D eigenvalue weighted by Gasteiger charge is -2.32. The van der Waals surface area contributed by atoms with Gasteiger partial charge in [-0.1, -0.05) is 36.4 Å². The van der Waals surface area contributed by atoms with Gasteiger partial charge in [0.15, 0.2) is 0 Å². The molecule has 7 heteroatoms. The quantitative estimate of drug-likeness (QED) is 0.679. The zero-order valence-electron chi connectivity index (χ0n) is 15.0. The molecule has 0 atom stereocenters. The van der Waals surface area contributed by atoms with Crippen LogP contribution in [-0.2, 0) is 14.8 Å². The van der Waals surface area contributed by atoms with Gasteiger partial charge in [0.05, 0.1) is 10.6 Å². The molecule has 0 bridgehead atoms. The van der Waals surface area contributed by atoms with Crippen molar-refractivity contribution in [3.05, 3.63) is 78.6 Å². The van der Waals surface area contributed by atoms with Crippen LogP contribution in [0.1, 0.15) is 0 Å². The van der Waals surface area contributed by atoms with Crippen LogP contribution in [0.2, 0.25) is 0 Å². The highest BCUT2D eigenvalue weighted by Gasteiger charge is 2.36. The van der Waals surface area contributed by atoms with Crippen LogP contribution in [0.4, 0.5) is 15.8 Å². The Morgan fingerprint density at radius 1 is 0.964 bits per heavy atom. The molecule has 3 aromatic rings. The van der Waals surface area contributed by atoms with Gasteiger partial charge in [0.25, 0.3) is 10.0 Å². The maximum Gasteiger partial charge on any atom is 0.265 e. The van der Waals surface area contributed by atoms with Gasteiger partial charge in [-0.05, 0) is 36.4 Å². The van der Waals surface area contributed by atoms with E-state index >= 15 is 0 Å². The van der Waals surface area contributed by atoms with E-state index in [1.807, 2.05) is 6.07 Å². The third-order valence-corrected chi connectivity index (χ3v) is 6.59. The Bertz CT molecular complexity index is 1160. The number of hydrogen-bond acceptors (Lipinski definition) is 3. The summed E-state index contributed by atoms with van der Waals surface area (Å²) in [5.41, 5.74) is 1.81. The van der Waals surface area contributed by atoms with Crippen LogP contribution < -0.4 is 9.21 Å². The van der Waals surface area contributed by atoms with Crippen LogP contribution in [0.25, 0.3) is 11.1 Å². The van der Waals surface area contributed by atoms with Gasteiger partial charge in [-0.3, -0.25) is 9.10 Å². The van der Waals surface area contributed by atoms with E-state index in [1.165, 1.54) is 29.2 Å². The van der Waals surface area contributed by atoms with Crippen molar-refractivity contribution in [3.63, 3.8) is 0 Å². The van der Waals surface area contributed by atoms with Crippen molar-refractivity contribution in [2.45, 2.75) is 4.90 Å². The lowest BCUT2D eigenvalue weighted by Crippen LogP contribution is -2.43. The predicted octanol–water partition coefficient (Wildman–Crippen LogP) is 3.66. The molecule has 0 N–H and O–H groups in total. The molecule has 0 radical (unpaired) electrons. The number of sulfonamides is 1. The molecule has 142 valence electrons. The number of carbonyl (C=O) groups excluding carboxylic acids is 1. The first kappa shape index (κ1) is 18.2. The van der Waals surface area contributed by atoms with Crippen molar-refractivity contribution < 1.29 is 17.6 Å². The maximum atomic E-state index is 13.9. The smallest absolute Gasteiger partial charge is 0.265 e. The normalized spacial score (nSPS) is 14.1. The summed E-state index contributed by atoms with van der Waals surface area (Å²) in [7, 11) is -2.37. The number of hydrogen-bond donors (Lipinski definition) is 0. The number of benzene rings is 3. The zero-order chi connectivity index (χ0) is 19.9. The molecule has 1 heterocycles. The molecule has 0 saturated heterocycles. The van der Waals surface area contributed by atoms with E-state index in [-0.39, 0.29) is 17.1 Å². The van der Waals surface area contributed by atoms with Crippen molar-refractivity contribution >= 4 is 27.3 Å². The predicted molar refractivity (Wildman–Crippen MR) is 106 cm³/mol. The van der Waals surface area contributed by atoms with E-state index in [4.69, 9.17) is 0 Å². The van der Waals surface area contributed by atoms with Gasteiger partial charge in [0, 0.05) is 23.9 Å². The summed E-state index contributed by atoms with van der Waals surface area (Å²) in [6.45, 7) is -0.388.